The molecule has 2 rings (SSSR count). The lowest BCUT2D eigenvalue weighted by Crippen LogP contribution is -2.18. The van der Waals surface area contributed by atoms with Crippen molar-refractivity contribution >= 4 is 16.8 Å². The van der Waals surface area contributed by atoms with Gasteiger partial charge in [0.1, 0.15) is 0 Å². The van der Waals surface area contributed by atoms with Crippen LogP contribution in [0.3, 0.4) is 0 Å². The van der Waals surface area contributed by atoms with Crippen molar-refractivity contribution in [2.75, 3.05) is 12.9 Å². The van der Waals surface area contributed by atoms with Crippen molar-refractivity contribution in [2.24, 2.45) is 5.41 Å². The summed E-state index contributed by atoms with van der Waals surface area (Å²) in [6.07, 6.45) is 5.87. The second-order valence-electron chi connectivity index (χ2n) is 5.35. The standard InChI is InChI=1S/C14H19NO3S/c1-11-5-12(8-15-7-11)9-19(17)10-14(3-4-14)6-13(16)18-2/h5,7-8H,3-4,6,9-10H2,1-2H3. The Hall–Kier alpha value is -1.23. The van der Waals surface area contributed by atoms with E-state index < -0.39 is 10.8 Å². The van der Waals surface area contributed by atoms with Crippen LogP contribution in [0.25, 0.3) is 0 Å². The highest BCUT2D eigenvalue weighted by atomic mass is 32.2. The maximum Gasteiger partial charge on any atom is 0.306 e. The van der Waals surface area contributed by atoms with Gasteiger partial charge in [-0.25, -0.2) is 0 Å². The fraction of sp³-hybridized carbons (Fsp3) is 0.571. The van der Waals surface area contributed by atoms with Gasteiger partial charge in [-0.3, -0.25) is 14.0 Å². The van der Waals surface area contributed by atoms with Gasteiger partial charge in [-0.15, -0.1) is 0 Å². The van der Waals surface area contributed by atoms with Gasteiger partial charge in [-0.1, -0.05) is 6.07 Å². The Kier molecular flexibility index (Phi) is 4.34. The van der Waals surface area contributed by atoms with Gasteiger partial charge in [0.05, 0.1) is 19.3 Å². The van der Waals surface area contributed by atoms with Gasteiger partial charge < -0.3 is 4.74 Å². The van der Waals surface area contributed by atoms with E-state index in [1.807, 2.05) is 13.0 Å². The molecule has 1 aliphatic rings. The second-order valence-corrected chi connectivity index (χ2v) is 6.81. The molecule has 1 aliphatic carbocycles. The number of nitrogens with zero attached hydrogens (tertiary/aromatic N) is 1. The first-order valence-electron chi connectivity index (χ1n) is 6.35. The molecular weight excluding hydrogens is 262 g/mol. The molecule has 1 aromatic heterocycles. The molecule has 0 radical (unpaired) electrons. The van der Waals surface area contributed by atoms with Gasteiger partial charge in [-0.05, 0) is 36.3 Å². The largest absolute Gasteiger partial charge is 0.469 e. The summed E-state index contributed by atoms with van der Waals surface area (Å²) in [7, 11) is 0.444. The van der Waals surface area contributed by atoms with E-state index in [4.69, 9.17) is 4.74 Å². The van der Waals surface area contributed by atoms with Gasteiger partial charge in [0.2, 0.25) is 0 Å². The molecule has 1 atom stereocenters. The molecule has 4 nitrogen and oxygen atoms in total. The third-order valence-corrected chi connectivity index (χ3v) is 5.02. The molecule has 19 heavy (non-hydrogen) atoms. The molecule has 1 fully saturated rings. The summed E-state index contributed by atoms with van der Waals surface area (Å²) in [6.45, 7) is 1.97. The van der Waals surface area contributed by atoms with Crippen molar-refractivity contribution in [2.45, 2.75) is 31.9 Å². The summed E-state index contributed by atoms with van der Waals surface area (Å²) < 4.78 is 16.9. The van der Waals surface area contributed by atoms with Crippen LogP contribution in [0, 0.1) is 12.3 Å². The maximum absolute atomic E-state index is 12.2. The number of esters is 1. The molecule has 5 heteroatoms. The normalized spacial score (nSPS) is 17.8. The topological polar surface area (TPSA) is 56.3 Å². The minimum absolute atomic E-state index is 0.0742. The van der Waals surface area contributed by atoms with E-state index in [0.717, 1.165) is 24.0 Å². The molecule has 0 aromatic carbocycles. The van der Waals surface area contributed by atoms with Crippen LogP contribution in [0.1, 0.15) is 30.4 Å². The summed E-state index contributed by atoms with van der Waals surface area (Å²) in [5.74, 6) is 0.889. The van der Waals surface area contributed by atoms with Crippen molar-refractivity contribution in [1.29, 1.82) is 0 Å². The number of ether oxygens (including phenoxy) is 1. The van der Waals surface area contributed by atoms with E-state index in [0.29, 0.717) is 17.9 Å². The molecule has 1 heterocycles. The molecule has 0 spiro atoms. The van der Waals surface area contributed by atoms with Crippen molar-refractivity contribution in [1.82, 2.24) is 4.98 Å². The number of pyridine rings is 1. The quantitative estimate of drug-likeness (QED) is 0.748. The lowest BCUT2D eigenvalue weighted by molar-refractivity contribution is -0.141. The number of methoxy groups -OCH3 is 1. The van der Waals surface area contributed by atoms with E-state index in [1.165, 1.54) is 7.11 Å². The first-order chi connectivity index (χ1) is 9.03. The van der Waals surface area contributed by atoms with Crippen LogP contribution < -0.4 is 0 Å². The molecule has 0 saturated heterocycles. The smallest absolute Gasteiger partial charge is 0.306 e. The lowest BCUT2D eigenvalue weighted by Gasteiger charge is -2.13. The van der Waals surface area contributed by atoms with E-state index in [-0.39, 0.29) is 11.4 Å². The monoisotopic (exact) mass is 281 g/mol. The molecule has 1 unspecified atom stereocenters. The maximum atomic E-state index is 12.2. The first kappa shape index (κ1) is 14.2. The molecular formula is C14H19NO3S. The molecule has 0 N–H and O–H groups in total. The Bertz CT molecular complexity index is 497. The number of rotatable bonds is 6. The van der Waals surface area contributed by atoms with E-state index in [1.54, 1.807) is 12.4 Å². The Labute approximate surface area is 116 Å². The lowest BCUT2D eigenvalue weighted by atomic mass is 10.1. The van der Waals surface area contributed by atoms with Crippen LogP contribution in [0.4, 0.5) is 0 Å². The second kappa shape index (κ2) is 5.82. The fourth-order valence-corrected chi connectivity index (χ4v) is 3.91. The number of hydrogen-bond acceptors (Lipinski definition) is 4. The van der Waals surface area contributed by atoms with E-state index >= 15 is 0 Å². The van der Waals surface area contributed by atoms with Crippen LogP contribution in [0.15, 0.2) is 18.5 Å². The zero-order chi connectivity index (χ0) is 13.9. The molecule has 104 valence electrons. The number of aryl methyl sites for hydroxylation is 1. The highest BCUT2D eigenvalue weighted by Crippen LogP contribution is 2.49. The highest BCUT2D eigenvalue weighted by Gasteiger charge is 2.45. The first-order valence-corrected chi connectivity index (χ1v) is 7.84. The van der Waals surface area contributed by atoms with Gasteiger partial charge in [0.15, 0.2) is 0 Å². The summed E-state index contributed by atoms with van der Waals surface area (Å²) >= 11 is 0. The Balaban J connectivity index is 1.89. The van der Waals surface area contributed by atoms with Crippen molar-refractivity contribution in [3.63, 3.8) is 0 Å². The third-order valence-electron chi connectivity index (χ3n) is 3.43. The van der Waals surface area contributed by atoms with Crippen LogP contribution in [-0.2, 0) is 26.1 Å². The molecule has 1 aromatic rings. The SMILES string of the molecule is COC(=O)CC1(CS(=O)Cc2cncc(C)c2)CC1. The van der Waals surface area contributed by atoms with Crippen molar-refractivity contribution in [3.8, 4) is 0 Å². The number of carbonyl (C=O) groups is 1. The van der Waals surface area contributed by atoms with Crippen molar-refractivity contribution < 1.29 is 13.7 Å². The summed E-state index contributed by atoms with van der Waals surface area (Å²) in [5.41, 5.74) is 1.99. The molecule has 0 amide bonds. The van der Waals surface area contributed by atoms with Gasteiger partial charge in [-0.2, -0.15) is 0 Å². The zero-order valence-electron chi connectivity index (χ0n) is 11.3. The molecule has 0 aliphatic heterocycles. The fourth-order valence-electron chi connectivity index (χ4n) is 2.20. The number of carbonyl (C=O) groups excluding carboxylic acids is 1. The highest BCUT2D eigenvalue weighted by molar-refractivity contribution is 7.84. The average Bonchev–Trinajstić information content (AvgIpc) is 3.08. The minimum atomic E-state index is -0.952. The third kappa shape index (κ3) is 4.13. The zero-order valence-corrected chi connectivity index (χ0v) is 12.2. The van der Waals surface area contributed by atoms with Crippen LogP contribution in [-0.4, -0.2) is 28.0 Å². The predicted molar refractivity (Wildman–Crippen MR) is 74.0 cm³/mol. The predicted octanol–water partition coefficient (Wildman–Crippen LogP) is 1.98. The Morgan fingerprint density at radius 3 is 2.79 bits per heavy atom. The Morgan fingerprint density at radius 2 is 2.21 bits per heavy atom. The van der Waals surface area contributed by atoms with Crippen LogP contribution in [0.5, 0.6) is 0 Å². The summed E-state index contributed by atoms with van der Waals surface area (Å²) in [4.78, 5) is 15.4. The average molecular weight is 281 g/mol. The van der Waals surface area contributed by atoms with E-state index in [2.05, 4.69) is 4.98 Å². The minimum Gasteiger partial charge on any atom is -0.469 e. The summed E-state index contributed by atoms with van der Waals surface area (Å²) in [6, 6.07) is 2.00. The molecule has 1 saturated carbocycles. The molecule has 0 bridgehead atoms. The number of aromatic nitrogens is 1. The van der Waals surface area contributed by atoms with Gasteiger partial charge in [0, 0.05) is 28.9 Å². The van der Waals surface area contributed by atoms with Crippen molar-refractivity contribution in [3.05, 3.63) is 29.6 Å². The van der Waals surface area contributed by atoms with E-state index in [9.17, 15) is 9.00 Å². The Morgan fingerprint density at radius 1 is 1.47 bits per heavy atom. The summed E-state index contributed by atoms with van der Waals surface area (Å²) in [5, 5.41) is 0. The van der Waals surface area contributed by atoms with Gasteiger partial charge >= 0.3 is 5.97 Å². The van der Waals surface area contributed by atoms with Gasteiger partial charge in [0.25, 0.3) is 0 Å². The van der Waals surface area contributed by atoms with Crippen LogP contribution in [0.2, 0.25) is 0 Å². The van der Waals surface area contributed by atoms with Crippen LogP contribution >= 0.6 is 0 Å². The number of hydrogen-bond donors (Lipinski definition) is 0.